The average molecular weight is 569 g/mol. The number of phenols is 1. The van der Waals surface area contributed by atoms with Gasteiger partial charge in [0.2, 0.25) is 23.6 Å². The molecule has 0 bridgehead atoms. The number of thiol groups is 1. The van der Waals surface area contributed by atoms with Crippen molar-refractivity contribution in [2.45, 2.75) is 56.3 Å². The van der Waals surface area contributed by atoms with E-state index in [-0.39, 0.29) is 56.1 Å². The first kappa shape index (κ1) is 33.0. The van der Waals surface area contributed by atoms with Gasteiger partial charge in [-0.05, 0) is 43.4 Å². The van der Waals surface area contributed by atoms with Crippen LogP contribution in [-0.4, -0.2) is 82.2 Å². The molecule has 1 rings (SSSR count). The Morgan fingerprint density at radius 2 is 1.41 bits per heavy atom. The number of amides is 4. The van der Waals surface area contributed by atoms with E-state index in [2.05, 4.69) is 33.6 Å². The number of benzene rings is 1. The average Bonchev–Trinajstić information content (AvgIpc) is 2.87. The smallest absolute Gasteiger partial charge is 0.327 e. The van der Waals surface area contributed by atoms with Crippen molar-refractivity contribution >= 4 is 48.2 Å². The van der Waals surface area contributed by atoms with Crippen LogP contribution in [-0.2, 0) is 30.4 Å². The number of nitrogens with two attached hydrogens (primary N) is 4. The summed E-state index contributed by atoms with van der Waals surface area (Å²) >= 11 is 3.91. The van der Waals surface area contributed by atoms with Crippen LogP contribution in [0.3, 0.4) is 0 Å². The van der Waals surface area contributed by atoms with Crippen molar-refractivity contribution < 1.29 is 34.2 Å². The van der Waals surface area contributed by atoms with Gasteiger partial charge in [-0.3, -0.25) is 24.2 Å². The van der Waals surface area contributed by atoms with Gasteiger partial charge >= 0.3 is 5.97 Å². The molecular formula is C23H36N8O7S. The monoisotopic (exact) mass is 568 g/mol. The van der Waals surface area contributed by atoms with Crippen LogP contribution in [0.5, 0.6) is 5.75 Å². The molecule has 39 heavy (non-hydrogen) atoms. The van der Waals surface area contributed by atoms with Crippen LogP contribution in [0.4, 0.5) is 0 Å². The summed E-state index contributed by atoms with van der Waals surface area (Å²) in [5.41, 5.74) is 22.4. The molecule has 4 unspecified atom stereocenters. The number of primary amides is 1. The fourth-order valence-corrected chi connectivity index (χ4v) is 3.56. The quantitative estimate of drug-likeness (QED) is 0.0394. The van der Waals surface area contributed by atoms with E-state index in [1.807, 2.05) is 0 Å². The number of guanidine groups is 1. The van der Waals surface area contributed by atoms with Gasteiger partial charge in [-0.2, -0.15) is 12.6 Å². The minimum atomic E-state index is -1.32. The standard InChI is InChI=1S/C23H36N8O7S/c24-14(10-12-3-5-13(32)6-4-12)19(34)29-16(7-8-18(25)33)21(36)30-15(2-1-9-28-23(26)27)20(35)31-17(11-39)22(37)38/h3-6,14-17,32,39H,1-2,7-11,24H2,(H2,25,33)(H,29,34)(H,30,36)(H,31,35)(H,37,38)(H4,26,27,28). The first-order chi connectivity index (χ1) is 18.3. The Labute approximate surface area is 230 Å². The van der Waals surface area contributed by atoms with Gasteiger partial charge in [0.25, 0.3) is 0 Å². The first-order valence-corrected chi connectivity index (χ1v) is 12.6. The molecule has 0 heterocycles. The number of carboxylic acids is 1. The maximum Gasteiger partial charge on any atom is 0.327 e. The van der Waals surface area contributed by atoms with E-state index in [4.69, 9.17) is 22.9 Å². The molecule has 15 nitrogen and oxygen atoms in total. The summed E-state index contributed by atoms with van der Waals surface area (Å²) in [6, 6.07) is 1.12. The molecule has 0 saturated heterocycles. The van der Waals surface area contributed by atoms with Crippen LogP contribution in [0, 0.1) is 0 Å². The molecule has 0 aromatic heterocycles. The molecule has 0 radical (unpaired) electrons. The van der Waals surface area contributed by atoms with Gasteiger partial charge in [-0.1, -0.05) is 12.1 Å². The van der Waals surface area contributed by atoms with E-state index in [1.54, 1.807) is 12.1 Å². The minimum absolute atomic E-state index is 0.0180. The molecule has 0 aliphatic heterocycles. The Hall–Kier alpha value is -4.05. The lowest BCUT2D eigenvalue weighted by atomic mass is 10.0. The van der Waals surface area contributed by atoms with Gasteiger partial charge < -0.3 is 49.1 Å². The van der Waals surface area contributed by atoms with Gasteiger partial charge in [0.05, 0.1) is 6.04 Å². The fourth-order valence-electron chi connectivity index (χ4n) is 3.32. The highest BCUT2D eigenvalue weighted by Crippen LogP contribution is 2.11. The topological polar surface area (TPSA) is 278 Å². The maximum absolute atomic E-state index is 13.1. The molecule has 4 atom stereocenters. The summed E-state index contributed by atoms with van der Waals surface area (Å²) in [6.07, 6.45) is -0.0928. The third kappa shape index (κ3) is 12.8. The van der Waals surface area contributed by atoms with Gasteiger partial charge in [0, 0.05) is 18.7 Å². The lowest BCUT2D eigenvalue weighted by molar-refractivity contribution is -0.141. The molecule has 0 aliphatic rings. The number of carbonyl (C=O) groups is 5. The molecule has 0 spiro atoms. The maximum atomic E-state index is 13.1. The highest BCUT2D eigenvalue weighted by Gasteiger charge is 2.30. The highest BCUT2D eigenvalue weighted by molar-refractivity contribution is 7.80. The molecule has 16 heteroatoms. The van der Waals surface area contributed by atoms with Gasteiger partial charge in [-0.15, -0.1) is 0 Å². The number of hydrogen-bond acceptors (Lipinski definition) is 9. The number of nitrogens with zero attached hydrogens (tertiary/aromatic N) is 1. The number of hydrogen-bond donors (Lipinski definition) is 10. The van der Waals surface area contributed by atoms with Crippen molar-refractivity contribution in [3.05, 3.63) is 29.8 Å². The molecular weight excluding hydrogens is 532 g/mol. The molecule has 13 N–H and O–H groups in total. The number of aromatic hydroxyl groups is 1. The van der Waals surface area contributed by atoms with E-state index >= 15 is 0 Å². The van der Waals surface area contributed by atoms with Crippen molar-refractivity contribution in [2.24, 2.45) is 27.9 Å². The lowest BCUT2D eigenvalue weighted by Crippen LogP contribution is -2.57. The van der Waals surface area contributed by atoms with Crippen molar-refractivity contribution in [2.75, 3.05) is 12.3 Å². The van der Waals surface area contributed by atoms with Crippen molar-refractivity contribution in [3.8, 4) is 5.75 Å². The molecule has 0 aliphatic carbocycles. The van der Waals surface area contributed by atoms with E-state index in [1.165, 1.54) is 12.1 Å². The lowest BCUT2D eigenvalue weighted by Gasteiger charge is -2.25. The second-order valence-corrected chi connectivity index (χ2v) is 9.00. The largest absolute Gasteiger partial charge is 0.508 e. The molecule has 1 aromatic carbocycles. The third-order valence-electron chi connectivity index (χ3n) is 5.42. The zero-order chi connectivity index (χ0) is 29.5. The second kappa shape index (κ2) is 16.7. The van der Waals surface area contributed by atoms with Crippen LogP contribution >= 0.6 is 12.6 Å². The Balaban J connectivity index is 3.02. The normalized spacial score (nSPS) is 13.7. The first-order valence-electron chi connectivity index (χ1n) is 12.0. The number of aliphatic imine (C=N–C) groups is 1. The highest BCUT2D eigenvalue weighted by atomic mass is 32.1. The fraction of sp³-hybridized carbons (Fsp3) is 0.478. The molecule has 1 aromatic rings. The van der Waals surface area contributed by atoms with E-state index < -0.39 is 53.8 Å². The van der Waals surface area contributed by atoms with Crippen LogP contribution in [0.15, 0.2) is 29.3 Å². The molecule has 0 saturated carbocycles. The van der Waals surface area contributed by atoms with Crippen LogP contribution in [0.2, 0.25) is 0 Å². The number of nitrogens with one attached hydrogen (secondary N) is 3. The van der Waals surface area contributed by atoms with Crippen molar-refractivity contribution in [3.63, 3.8) is 0 Å². The zero-order valence-electron chi connectivity index (χ0n) is 21.2. The van der Waals surface area contributed by atoms with Crippen LogP contribution < -0.4 is 38.9 Å². The zero-order valence-corrected chi connectivity index (χ0v) is 22.1. The van der Waals surface area contributed by atoms with Gasteiger partial charge in [0.1, 0.15) is 23.9 Å². The van der Waals surface area contributed by atoms with Crippen LogP contribution in [0.25, 0.3) is 0 Å². The summed E-state index contributed by atoms with van der Waals surface area (Å²) < 4.78 is 0. The van der Waals surface area contributed by atoms with Gasteiger partial charge in [0.15, 0.2) is 5.96 Å². The Morgan fingerprint density at radius 1 is 0.872 bits per heavy atom. The Morgan fingerprint density at radius 3 is 1.92 bits per heavy atom. The summed E-state index contributed by atoms with van der Waals surface area (Å²) in [5.74, 6) is -4.70. The number of aliphatic carboxylic acids is 1. The summed E-state index contributed by atoms with van der Waals surface area (Å²) in [7, 11) is 0. The van der Waals surface area contributed by atoms with Crippen molar-refractivity contribution in [1.82, 2.24) is 16.0 Å². The van der Waals surface area contributed by atoms with E-state index in [0.717, 1.165) is 0 Å². The van der Waals surface area contributed by atoms with Crippen molar-refractivity contribution in [1.29, 1.82) is 0 Å². The van der Waals surface area contributed by atoms with E-state index in [0.29, 0.717) is 5.56 Å². The predicted octanol–water partition coefficient (Wildman–Crippen LogP) is -2.95. The summed E-state index contributed by atoms with van der Waals surface area (Å²) in [6.45, 7) is 0.130. The van der Waals surface area contributed by atoms with E-state index in [9.17, 15) is 34.2 Å². The number of carboxylic acid groups (broad SMARTS) is 1. The summed E-state index contributed by atoms with van der Waals surface area (Å²) in [4.78, 5) is 65.2. The molecule has 4 amide bonds. The number of phenolic OH excluding ortho intramolecular Hbond substituents is 1. The molecule has 216 valence electrons. The van der Waals surface area contributed by atoms with Gasteiger partial charge in [-0.25, -0.2) is 4.79 Å². The second-order valence-electron chi connectivity index (χ2n) is 8.64. The SMILES string of the molecule is NC(=O)CCC(NC(=O)C(N)Cc1ccc(O)cc1)C(=O)NC(CCCN=C(N)N)C(=O)NC(CS)C(=O)O. The number of rotatable bonds is 17. The predicted molar refractivity (Wildman–Crippen MR) is 145 cm³/mol. The molecule has 0 fully saturated rings. The third-order valence-corrected chi connectivity index (χ3v) is 5.78. The Bertz CT molecular complexity index is 1030. The van der Waals surface area contributed by atoms with Crippen LogP contribution in [0.1, 0.15) is 31.2 Å². The Kier molecular flexibility index (Phi) is 14.1. The minimum Gasteiger partial charge on any atom is -0.508 e. The summed E-state index contributed by atoms with van der Waals surface area (Å²) in [5, 5.41) is 25.9. The number of carbonyl (C=O) groups excluding carboxylic acids is 4.